The van der Waals surface area contributed by atoms with Crippen molar-refractivity contribution in [3.05, 3.63) is 34.5 Å². The number of fused-ring (bicyclic) bond motifs is 1. The summed E-state index contributed by atoms with van der Waals surface area (Å²) in [7, 11) is 0. The molecule has 0 radical (unpaired) electrons. The molecular formula is C12H15N3O2S. The molecule has 0 spiro atoms. The number of benzene rings is 1. The summed E-state index contributed by atoms with van der Waals surface area (Å²) in [4.78, 5) is 20.0. The maximum Gasteiger partial charge on any atom is 0.338 e. The quantitative estimate of drug-likeness (QED) is 0.438. The Balaban J connectivity index is 2.36. The minimum absolute atomic E-state index is 0.394. The molecule has 0 amide bonds. The molecule has 1 atom stereocenters. The van der Waals surface area contributed by atoms with E-state index in [9.17, 15) is 4.79 Å². The summed E-state index contributed by atoms with van der Waals surface area (Å²) in [6.07, 6.45) is 0. The number of carbonyl (C=O) groups excluding carboxylic acids is 1. The number of carbonyl (C=O) groups is 1. The van der Waals surface area contributed by atoms with Gasteiger partial charge in [0.05, 0.1) is 16.3 Å². The van der Waals surface area contributed by atoms with E-state index in [1.165, 1.54) is 0 Å². The van der Waals surface area contributed by atoms with Crippen LogP contribution in [0.15, 0.2) is 28.2 Å². The second-order valence-electron chi connectivity index (χ2n) is 5.12. The maximum atomic E-state index is 11.9. The predicted octanol–water partition coefficient (Wildman–Crippen LogP) is 0.395. The van der Waals surface area contributed by atoms with Gasteiger partial charge in [-0.2, -0.15) is 0 Å². The van der Waals surface area contributed by atoms with E-state index in [-0.39, 0.29) is 0 Å². The lowest BCUT2D eigenvalue weighted by atomic mass is 10.1. The molecule has 0 aliphatic carbocycles. The summed E-state index contributed by atoms with van der Waals surface area (Å²) in [5, 5.41) is -0.0646. The number of nitrogens with zero attached hydrogens (tertiary/aromatic N) is 2. The molecule has 5 nitrogen and oxygen atoms in total. The standard InChI is InChI=1S/C12H15N3O2S/c1-11(2,3)17-10(16)7-4-5-8-9(6-7)15-12(13,18)14-8/h4-6,18H,13H2,1-3H3. The maximum absolute atomic E-state index is 11.9. The first kappa shape index (κ1) is 13.0. The number of rotatable bonds is 1. The molecule has 96 valence electrons. The van der Waals surface area contributed by atoms with Crippen molar-refractivity contribution in [1.82, 2.24) is 0 Å². The molecule has 0 aromatic heterocycles. The molecular weight excluding hydrogens is 250 g/mol. The molecule has 1 aliphatic rings. The minimum atomic E-state index is -1.24. The Bertz CT molecular complexity index is 617. The SMILES string of the molecule is CC(C)(C)OC(=O)c1ccc2c(c1)=NC(N)(S)N=2. The van der Waals surface area contributed by atoms with Crippen LogP contribution in [0.25, 0.3) is 0 Å². The molecule has 0 fully saturated rings. The molecule has 1 heterocycles. The molecule has 2 N–H and O–H groups in total. The van der Waals surface area contributed by atoms with Gasteiger partial charge < -0.3 is 4.74 Å². The molecule has 1 unspecified atom stereocenters. The first-order valence-electron chi connectivity index (χ1n) is 5.51. The Morgan fingerprint density at radius 1 is 1.33 bits per heavy atom. The fourth-order valence-corrected chi connectivity index (χ4v) is 1.77. The van der Waals surface area contributed by atoms with Crippen molar-refractivity contribution >= 4 is 18.6 Å². The number of esters is 1. The first-order chi connectivity index (χ1) is 8.16. The lowest BCUT2D eigenvalue weighted by molar-refractivity contribution is 0.00694. The van der Waals surface area contributed by atoms with Crippen LogP contribution in [0.3, 0.4) is 0 Å². The van der Waals surface area contributed by atoms with E-state index in [2.05, 4.69) is 22.6 Å². The van der Waals surface area contributed by atoms with Gasteiger partial charge in [-0.25, -0.2) is 14.8 Å². The summed E-state index contributed by atoms with van der Waals surface area (Å²) in [5.74, 6) is -0.394. The monoisotopic (exact) mass is 265 g/mol. The third kappa shape index (κ3) is 2.88. The van der Waals surface area contributed by atoms with Gasteiger partial charge in [0.15, 0.2) is 0 Å². The summed E-state index contributed by atoms with van der Waals surface area (Å²) in [6, 6.07) is 4.93. The van der Waals surface area contributed by atoms with Gasteiger partial charge in [0.2, 0.25) is 0 Å². The highest BCUT2D eigenvalue weighted by Crippen LogP contribution is 2.12. The van der Waals surface area contributed by atoms with Gasteiger partial charge in [0.1, 0.15) is 5.60 Å². The van der Waals surface area contributed by atoms with E-state index in [4.69, 9.17) is 10.5 Å². The van der Waals surface area contributed by atoms with E-state index in [1.807, 2.05) is 20.8 Å². The predicted molar refractivity (Wildman–Crippen MR) is 69.8 cm³/mol. The van der Waals surface area contributed by atoms with E-state index >= 15 is 0 Å². The largest absolute Gasteiger partial charge is 0.456 e. The van der Waals surface area contributed by atoms with Crippen LogP contribution < -0.4 is 16.4 Å². The Kier molecular flexibility index (Phi) is 2.95. The van der Waals surface area contributed by atoms with Gasteiger partial charge in [0.25, 0.3) is 5.12 Å². The summed E-state index contributed by atoms with van der Waals surface area (Å²) in [6.45, 7) is 5.45. The van der Waals surface area contributed by atoms with Gasteiger partial charge >= 0.3 is 5.97 Å². The molecule has 0 saturated carbocycles. The fourth-order valence-electron chi connectivity index (χ4n) is 1.55. The fraction of sp³-hybridized carbons (Fsp3) is 0.417. The Morgan fingerprint density at radius 3 is 2.56 bits per heavy atom. The van der Waals surface area contributed by atoms with Crippen molar-refractivity contribution in [2.75, 3.05) is 0 Å². The van der Waals surface area contributed by atoms with Crippen LogP contribution in [-0.4, -0.2) is 16.7 Å². The zero-order valence-electron chi connectivity index (χ0n) is 10.5. The number of nitrogens with two attached hydrogens (primary N) is 1. The highest BCUT2D eigenvalue weighted by atomic mass is 32.1. The summed E-state index contributed by atoms with van der Waals surface area (Å²) < 4.78 is 5.27. The van der Waals surface area contributed by atoms with Crippen LogP contribution in [0.1, 0.15) is 31.1 Å². The zero-order valence-corrected chi connectivity index (χ0v) is 11.4. The van der Waals surface area contributed by atoms with Crippen molar-refractivity contribution < 1.29 is 9.53 Å². The van der Waals surface area contributed by atoms with Crippen molar-refractivity contribution in [1.29, 1.82) is 0 Å². The van der Waals surface area contributed by atoms with Gasteiger partial charge in [0, 0.05) is 0 Å². The summed E-state index contributed by atoms with van der Waals surface area (Å²) >= 11 is 4.08. The van der Waals surface area contributed by atoms with Crippen LogP contribution in [-0.2, 0) is 4.74 Å². The molecule has 2 rings (SSSR count). The van der Waals surface area contributed by atoms with E-state index in [0.29, 0.717) is 16.3 Å². The van der Waals surface area contributed by atoms with Crippen molar-refractivity contribution in [2.24, 2.45) is 15.7 Å². The van der Waals surface area contributed by atoms with Crippen LogP contribution >= 0.6 is 12.6 Å². The minimum Gasteiger partial charge on any atom is -0.456 e. The average molecular weight is 265 g/mol. The lowest BCUT2D eigenvalue weighted by Gasteiger charge is -2.19. The number of hydrogen-bond acceptors (Lipinski definition) is 6. The topological polar surface area (TPSA) is 77.0 Å². The Labute approximate surface area is 110 Å². The van der Waals surface area contributed by atoms with Crippen LogP contribution in [0, 0.1) is 0 Å². The van der Waals surface area contributed by atoms with Crippen LogP contribution in [0.4, 0.5) is 0 Å². The van der Waals surface area contributed by atoms with Gasteiger partial charge in [-0.3, -0.25) is 5.73 Å². The van der Waals surface area contributed by atoms with E-state index in [0.717, 1.165) is 0 Å². The third-order valence-electron chi connectivity index (χ3n) is 2.18. The molecule has 1 aliphatic heterocycles. The highest BCUT2D eigenvalue weighted by Gasteiger charge is 2.22. The smallest absolute Gasteiger partial charge is 0.338 e. The number of ether oxygens (including phenoxy) is 1. The van der Waals surface area contributed by atoms with Crippen LogP contribution in [0.5, 0.6) is 0 Å². The normalized spacial score (nSPS) is 21.8. The highest BCUT2D eigenvalue weighted by molar-refractivity contribution is 7.81. The van der Waals surface area contributed by atoms with Gasteiger partial charge in [-0.15, -0.1) is 12.6 Å². The Hall–Kier alpha value is -1.40. The molecule has 18 heavy (non-hydrogen) atoms. The van der Waals surface area contributed by atoms with Crippen molar-refractivity contribution in [2.45, 2.75) is 31.5 Å². The second kappa shape index (κ2) is 4.07. The molecule has 0 saturated heterocycles. The molecule has 1 aromatic carbocycles. The molecule has 1 aromatic rings. The number of thiol groups is 1. The van der Waals surface area contributed by atoms with E-state index in [1.54, 1.807) is 18.2 Å². The second-order valence-corrected chi connectivity index (χ2v) is 5.77. The van der Waals surface area contributed by atoms with Crippen molar-refractivity contribution in [3.63, 3.8) is 0 Å². The van der Waals surface area contributed by atoms with Crippen molar-refractivity contribution in [3.8, 4) is 0 Å². The lowest BCUT2D eigenvalue weighted by Crippen LogP contribution is -2.27. The first-order valence-corrected chi connectivity index (χ1v) is 5.95. The summed E-state index contributed by atoms with van der Waals surface area (Å²) in [5.41, 5.74) is 5.57. The van der Waals surface area contributed by atoms with E-state index < -0.39 is 16.7 Å². The average Bonchev–Trinajstić information content (AvgIpc) is 2.47. The van der Waals surface area contributed by atoms with Crippen LogP contribution in [0.2, 0.25) is 0 Å². The third-order valence-corrected chi connectivity index (χ3v) is 2.38. The molecule has 0 bridgehead atoms. The molecule has 6 heteroatoms. The number of hydrogen-bond donors (Lipinski definition) is 2. The Morgan fingerprint density at radius 2 is 1.94 bits per heavy atom. The van der Waals surface area contributed by atoms with Gasteiger partial charge in [-0.05, 0) is 39.0 Å². The van der Waals surface area contributed by atoms with Gasteiger partial charge in [-0.1, -0.05) is 0 Å². The zero-order chi connectivity index (χ0) is 13.6.